The predicted molar refractivity (Wildman–Crippen MR) is 70.4 cm³/mol. The van der Waals surface area contributed by atoms with Crippen molar-refractivity contribution in [3.63, 3.8) is 0 Å². The topological polar surface area (TPSA) is 49.4 Å². The Labute approximate surface area is 103 Å². The molecule has 1 saturated heterocycles. The fraction of sp³-hybridized carbons (Fsp3) is 1.00. The van der Waals surface area contributed by atoms with Crippen LogP contribution >= 0.6 is 11.8 Å². The van der Waals surface area contributed by atoms with Crippen LogP contribution in [0.5, 0.6) is 0 Å². The highest BCUT2D eigenvalue weighted by molar-refractivity contribution is 7.99. The highest BCUT2D eigenvalue weighted by Crippen LogP contribution is 2.16. The van der Waals surface area contributed by atoms with Gasteiger partial charge in [-0.15, -0.1) is 0 Å². The molecule has 6 heteroatoms. The van der Waals surface area contributed by atoms with Crippen LogP contribution in [-0.2, 0) is 10.0 Å². The number of hydrogen-bond acceptors (Lipinski definition) is 4. The summed E-state index contributed by atoms with van der Waals surface area (Å²) in [7, 11) is -3.09. The molecule has 1 unspecified atom stereocenters. The number of thioether (sulfide) groups is 1. The Balaban J connectivity index is 2.47. The first-order chi connectivity index (χ1) is 7.59. The smallest absolute Gasteiger partial charge is 0.218 e. The summed E-state index contributed by atoms with van der Waals surface area (Å²) in [5, 5.41) is 2.85. The summed E-state index contributed by atoms with van der Waals surface area (Å²) in [6.45, 7) is 6.65. The highest BCUT2D eigenvalue weighted by atomic mass is 32.2. The van der Waals surface area contributed by atoms with E-state index in [0.29, 0.717) is 19.6 Å². The van der Waals surface area contributed by atoms with E-state index in [1.165, 1.54) is 0 Å². The largest absolute Gasteiger partial charge is 0.315 e. The molecule has 1 aliphatic rings. The molecule has 1 atom stereocenters. The van der Waals surface area contributed by atoms with Crippen LogP contribution in [0, 0.1) is 0 Å². The molecular weight excluding hydrogens is 244 g/mol. The molecule has 0 saturated carbocycles. The van der Waals surface area contributed by atoms with Gasteiger partial charge in [0.15, 0.2) is 0 Å². The summed E-state index contributed by atoms with van der Waals surface area (Å²) in [6, 6.07) is 0. The normalized spacial score (nSPS) is 20.9. The van der Waals surface area contributed by atoms with E-state index >= 15 is 0 Å². The van der Waals surface area contributed by atoms with Crippen LogP contribution in [0.4, 0.5) is 0 Å². The summed E-state index contributed by atoms with van der Waals surface area (Å²) in [4.78, 5) is 0. The average molecular weight is 266 g/mol. The second-order valence-electron chi connectivity index (χ2n) is 4.07. The summed E-state index contributed by atoms with van der Waals surface area (Å²) >= 11 is 1.83. The molecule has 16 heavy (non-hydrogen) atoms. The van der Waals surface area contributed by atoms with Crippen LogP contribution < -0.4 is 5.32 Å². The molecule has 0 spiro atoms. The van der Waals surface area contributed by atoms with Crippen LogP contribution in [0.25, 0.3) is 0 Å². The van der Waals surface area contributed by atoms with Gasteiger partial charge in [-0.1, -0.05) is 6.92 Å². The van der Waals surface area contributed by atoms with Gasteiger partial charge in [0.25, 0.3) is 0 Å². The first-order valence-electron chi connectivity index (χ1n) is 5.86. The standard InChI is InChI=1S/C10H22N2O2S2/c1-3-4-11-9-10(2)16(13,14)12-5-7-15-8-6-12/h10-11H,3-9H2,1-2H3. The fourth-order valence-electron chi connectivity index (χ4n) is 1.64. The van der Waals surface area contributed by atoms with Crippen LogP contribution in [0.1, 0.15) is 20.3 Å². The Bertz CT molecular complexity index is 287. The molecule has 1 N–H and O–H groups in total. The maximum atomic E-state index is 12.2. The van der Waals surface area contributed by atoms with E-state index in [-0.39, 0.29) is 5.25 Å². The van der Waals surface area contributed by atoms with E-state index in [1.807, 2.05) is 11.8 Å². The molecular formula is C10H22N2O2S2. The van der Waals surface area contributed by atoms with Gasteiger partial charge >= 0.3 is 0 Å². The van der Waals surface area contributed by atoms with Gasteiger partial charge in [-0.25, -0.2) is 12.7 Å². The van der Waals surface area contributed by atoms with Gasteiger partial charge in [0.1, 0.15) is 0 Å². The quantitative estimate of drug-likeness (QED) is 0.721. The molecule has 0 aliphatic carbocycles. The predicted octanol–water partition coefficient (Wildman–Crippen LogP) is 0.753. The van der Waals surface area contributed by atoms with Gasteiger partial charge in [0.2, 0.25) is 10.0 Å². The lowest BCUT2D eigenvalue weighted by atomic mass is 10.4. The molecule has 96 valence electrons. The minimum Gasteiger partial charge on any atom is -0.315 e. The SMILES string of the molecule is CCCNCC(C)S(=O)(=O)N1CCSCC1. The minimum atomic E-state index is -3.09. The summed E-state index contributed by atoms with van der Waals surface area (Å²) in [6.07, 6.45) is 1.03. The van der Waals surface area contributed by atoms with Crippen LogP contribution in [0.2, 0.25) is 0 Å². The fourth-order valence-corrected chi connectivity index (χ4v) is 4.31. The summed E-state index contributed by atoms with van der Waals surface area (Å²) < 4.78 is 26.0. The van der Waals surface area contributed by atoms with Crippen molar-refractivity contribution in [1.82, 2.24) is 9.62 Å². The van der Waals surface area contributed by atoms with Crippen molar-refractivity contribution in [2.24, 2.45) is 0 Å². The molecule has 1 aliphatic heterocycles. The van der Waals surface area contributed by atoms with Crippen molar-refractivity contribution in [2.75, 3.05) is 37.7 Å². The Morgan fingerprint density at radius 1 is 1.38 bits per heavy atom. The average Bonchev–Trinajstić information content (AvgIpc) is 2.30. The number of sulfonamides is 1. The van der Waals surface area contributed by atoms with E-state index in [0.717, 1.165) is 24.5 Å². The zero-order valence-electron chi connectivity index (χ0n) is 10.1. The second kappa shape index (κ2) is 6.83. The molecule has 0 aromatic heterocycles. The van der Waals surface area contributed by atoms with Gasteiger partial charge in [-0.05, 0) is 19.9 Å². The zero-order valence-corrected chi connectivity index (χ0v) is 11.7. The Morgan fingerprint density at radius 2 is 2.00 bits per heavy atom. The van der Waals surface area contributed by atoms with Gasteiger partial charge in [0.05, 0.1) is 5.25 Å². The van der Waals surface area contributed by atoms with E-state index in [4.69, 9.17) is 0 Å². The lowest BCUT2D eigenvalue weighted by Gasteiger charge is -2.28. The molecule has 0 bridgehead atoms. The van der Waals surface area contributed by atoms with Crippen molar-refractivity contribution in [3.05, 3.63) is 0 Å². The lowest BCUT2D eigenvalue weighted by molar-refractivity contribution is 0.432. The summed E-state index contributed by atoms with van der Waals surface area (Å²) in [5.41, 5.74) is 0. The first kappa shape index (κ1) is 14.3. The van der Waals surface area contributed by atoms with Crippen molar-refractivity contribution >= 4 is 21.8 Å². The lowest BCUT2D eigenvalue weighted by Crippen LogP contribution is -2.45. The van der Waals surface area contributed by atoms with Gasteiger partial charge < -0.3 is 5.32 Å². The number of nitrogens with one attached hydrogen (secondary N) is 1. The van der Waals surface area contributed by atoms with Gasteiger partial charge in [-0.3, -0.25) is 0 Å². The number of hydrogen-bond donors (Lipinski definition) is 1. The van der Waals surface area contributed by atoms with Crippen molar-refractivity contribution in [3.8, 4) is 0 Å². The molecule has 4 nitrogen and oxygen atoms in total. The van der Waals surface area contributed by atoms with Gasteiger partial charge in [-0.2, -0.15) is 11.8 Å². The Kier molecular flexibility index (Phi) is 6.10. The highest BCUT2D eigenvalue weighted by Gasteiger charge is 2.29. The monoisotopic (exact) mass is 266 g/mol. The first-order valence-corrected chi connectivity index (χ1v) is 8.52. The molecule has 0 radical (unpaired) electrons. The Morgan fingerprint density at radius 3 is 2.56 bits per heavy atom. The number of rotatable bonds is 6. The molecule has 0 aromatic rings. The third-order valence-corrected chi connectivity index (χ3v) is 5.91. The molecule has 0 aromatic carbocycles. The molecule has 0 amide bonds. The van der Waals surface area contributed by atoms with E-state index in [2.05, 4.69) is 12.2 Å². The van der Waals surface area contributed by atoms with Crippen molar-refractivity contribution < 1.29 is 8.42 Å². The van der Waals surface area contributed by atoms with E-state index in [1.54, 1.807) is 11.2 Å². The van der Waals surface area contributed by atoms with Gasteiger partial charge in [0, 0.05) is 31.1 Å². The van der Waals surface area contributed by atoms with Crippen LogP contribution in [0.15, 0.2) is 0 Å². The number of nitrogens with zero attached hydrogens (tertiary/aromatic N) is 1. The van der Waals surface area contributed by atoms with E-state index in [9.17, 15) is 8.42 Å². The molecule has 1 rings (SSSR count). The van der Waals surface area contributed by atoms with Crippen LogP contribution in [-0.4, -0.2) is 55.7 Å². The van der Waals surface area contributed by atoms with Crippen molar-refractivity contribution in [2.45, 2.75) is 25.5 Å². The molecule has 1 fully saturated rings. The maximum Gasteiger partial charge on any atom is 0.218 e. The van der Waals surface area contributed by atoms with Crippen LogP contribution in [0.3, 0.4) is 0 Å². The third-order valence-electron chi connectivity index (χ3n) is 2.70. The molecule has 1 heterocycles. The minimum absolute atomic E-state index is 0.317. The maximum absolute atomic E-state index is 12.2. The zero-order chi connectivity index (χ0) is 12.0. The van der Waals surface area contributed by atoms with E-state index < -0.39 is 10.0 Å². The third kappa shape index (κ3) is 3.91. The Hall–Kier alpha value is 0.220. The van der Waals surface area contributed by atoms with Crippen molar-refractivity contribution in [1.29, 1.82) is 0 Å². The summed E-state index contributed by atoms with van der Waals surface area (Å²) in [5.74, 6) is 1.85. The second-order valence-corrected chi connectivity index (χ2v) is 7.65.